The van der Waals surface area contributed by atoms with Gasteiger partial charge in [-0.2, -0.15) is 5.10 Å². The molecule has 3 aromatic rings. The second-order valence-electron chi connectivity index (χ2n) is 5.96. The molecule has 25 heavy (non-hydrogen) atoms. The molecule has 4 heteroatoms. The maximum atomic E-state index is 12.0. The number of carbonyl (C=O) groups excluding carboxylic acids is 1. The molecule has 0 aliphatic carbocycles. The molecule has 0 aliphatic heterocycles. The summed E-state index contributed by atoms with van der Waals surface area (Å²) in [5.74, 6) is -0.123. The average Bonchev–Trinajstić information content (AvgIpc) is 3.05. The predicted octanol–water partition coefficient (Wildman–Crippen LogP) is 3.78. The Hall–Kier alpha value is -3.14. The average molecular weight is 331 g/mol. The lowest BCUT2D eigenvalue weighted by Gasteiger charge is -2.06. The molecule has 1 N–H and O–H groups in total. The first-order valence-corrected chi connectivity index (χ1v) is 8.22. The number of rotatable bonds is 5. The van der Waals surface area contributed by atoms with Crippen LogP contribution in [0.3, 0.4) is 0 Å². The van der Waals surface area contributed by atoms with E-state index in [1.165, 1.54) is 5.56 Å². The Morgan fingerprint density at radius 3 is 2.28 bits per heavy atom. The van der Waals surface area contributed by atoms with Crippen LogP contribution in [-0.4, -0.2) is 16.2 Å². The molecule has 1 heterocycles. The standard InChI is InChI=1S/C21H21N3O/c1-16(22-23-21(25)15-20-9-6-14-24(20)2)17-10-12-19(13-11-17)18-7-4-3-5-8-18/h3-14H,15H2,1-2H3,(H,23,25). The number of nitrogens with one attached hydrogen (secondary N) is 1. The smallest absolute Gasteiger partial charge is 0.246 e. The summed E-state index contributed by atoms with van der Waals surface area (Å²) < 4.78 is 1.93. The number of aromatic nitrogens is 1. The van der Waals surface area contributed by atoms with Gasteiger partial charge >= 0.3 is 0 Å². The van der Waals surface area contributed by atoms with Crippen LogP contribution in [-0.2, 0) is 18.3 Å². The van der Waals surface area contributed by atoms with Crippen LogP contribution < -0.4 is 5.43 Å². The van der Waals surface area contributed by atoms with Crippen LogP contribution in [0, 0.1) is 0 Å². The molecule has 126 valence electrons. The second-order valence-corrected chi connectivity index (χ2v) is 5.96. The highest BCUT2D eigenvalue weighted by atomic mass is 16.2. The van der Waals surface area contributed by atoms with Gasteiger partial charge in [0.05, 0.1) is 12.1 Å². The van der Waals surface area contributed by atoms with Gasteiger partial charge < -0.3 is 4.57 Å². The van der Waals surface area contributed by atoms with Crippen molar-refractivity contribution in [1.82, 2.24) is 9.99 Å². The van der Waals surface area contributed by atoms with Crippen molar-refractivity contribution in [3.8, 4) is 11.1 Å². The second kappa shape index (κ2) is 7.62. The number of nitrogens with zero attached hydrogens (tertiary/aromatic N) is 2. The Labute approximate surface area is 147 Å². The normalized spacial score (nSPS) is 11.4. The van der Waals surface area contributed by atoms with Crippen molar-refractivity contribution in [2.45, 2.75) is 13.3 Å². The van der Waals surface area contributed by atoms with Gasteiger partial charge in [0.1, 0.15) is 0 Å². The van der Waals surface area contributed by atoms with E-state index in [9.17, 15) is 4.79 Å². The minimum Gasteiger partial charge on any atom is -0.354 e. The summed E-state index contributed by atoms with van der Waals surface area (Å²) in [6, 6.07) is 22.2. The monoisotopic (exact) mass is 331 g/mol. The maximum absolute atomic E-state index is 12.0. The number of amides is 1. The van der Waals surface area contributed by atoms with E-state index < -0.39 is 0 Å². The topological polar surface area (TPSA) is 46.4 Å². The zero-order chi connectivity index (χ0) is 17.6. The molecule has 2 aromatic carbocycles. The van der Waals surface area contributed by atoms with E-state index in [0.717, 1.165) is 22.5 Å². The molecule has 0 fully saturated rings. The zero-order valence-corrected chi connectivity index (χ0v) is 14.4. The van der Waals surface area contributed by atoms with E-state index in [2.05, 4.69) is 34.8 Å². The molecule has 1 amide bonds. The third kappa shape index (κ3) is 4.23. The van der Waals surface area contributed by atoms with Gasteiger partial charge in [0, 0.05) is 18.9 Å². The summed E-state index contributed by atoms with van der Waals surface area (Å²) in [6.07, 6.45) is 2.23. The molecule has 4 nitrogen and oxygen atoms in total. The largest absolute Gasteiger partial charge is 0.354 e. The first-order valence-electron chi connectivity index (χ1n) is 8.22. The minimum atomic E-state index is -0.123. The van der Waals surface area contributed by atoms with Gasteiger partial charge in [-0.1, -0.05) is 54.6 Å². The third-order valence-electron chi connectivity index (χ3n) is 4.15. The summed E-state index contributed by atoms with van der Waals surface area (Å²) in [4.78, 5) is 12.0. The molecule has 0 radical (unpaired) electrons. The molecule has 0 saturated heterocycles. The number of hydrazone groups is 1. The molecule has 0 spiro atoms. The number of hydrogen-bond donors (Lipinski definition) is 1. The quantitative estimate of drug-likeness (QED) is 0.561. The van der Waals surface area contributed by atoms with Crippen LogP contribution in [0.25, 0.3) is 11.1 Å². The molecular formula is C21H21N3O. The summed E-state index contributed by atoms with van der Waals surface area (Å²) in [5, 5.41) is 4.21. The van der Waals surface area contributed by atoms with Gasteiger partial charge in [0.15, 0.2) is 0 Å². The molecule has 3 rings (SSSR count). The highest BCUT2D eigenvalue weighted by Gasteiger charge is 2.06. The van der Waals surface area contributed by atoms with Crippen molar-refractivity contribution < 1.29 is 4.79 Å². The Morgan fingerprint density at radius 1 is 0.960 bits per heavy atom. The van der Waals surface area contributed by atoms with Gasteiger partial charge in [0.2, 0.25) is 5.91 Å². The van der Waals surface area contributed by atoms with E-state index >= 15 is 0 Å². The number of benzene rings is 2. The summed E-state index contributed by atoms with van der Waals surface area (Å²) in [7, 11) is 1.92. The fraction of sp³-hybridized carbons (Fsp3) is 0.143. The van der Waals surface area contributed by atoms with Crippen molar-refractivity contribution in [3.05, 3.63) is 84.2 Å². The van der Waals surface area contributed by atoms with Crippen LogP contribution in [0.2, 0.25) is 0 Å². The number of hydrogen-bond acceptors (Lipinski definition) is 2. The van der Waals surface area contributed by atoms with Gasteiger partial charge in [-0.15, -0.1) is 0 Å². The minimum absolute atomic E-state index is 0.123. The van der Waals surface area contributed by atoms with Crippen LogP contribution in [0.15, 0.2) is 78.0 Å². The van der Waals surface area contributed by atoms with E-state index in [1.54, 1.807) is 0 Å². The van der Waals surface area contributed by atoms with Gasteiger partial charge in [0.25, 0.3) is 0 Å². The molecule has 1 aromatic heterocycles. The molecule has 0 bridgehead atoms. The van der Waals surface area contributed by atoms with Crippen molar-refractivity contribution in [1.29, 1.82) is 0 Å². The van der Waals surface area contributed by atoms with E-state index in [-0.39, 0.29) is 5.91 Å². The van der Waals surface area contributed by atoms with Crippen molar-refractivity contribution in [2.75, 3.05) is 0 Å². The van der Waals surface area contributed by atoms with Crippen molar-refractivity contribution in [3.63, 3.8) is 0 Å². The zero-order valence-electron chi connectivity index (χ0n) is 14.4. The van der Waals surface area contributed by atoms with Crippen LogP contribution in [0.4, 0.5) is 0 Å². The number of carbonyl (C=O) groups is 1. The molecule has 0 aliphatic rings. The fourth-order valence-electron chi connectivity index (χ4n) is 2.63. The first-order chi connectivity index (χ1) is 12.1. The molecule has 0 saturated carbocycles. The number of aryl methyl sites for hydroxylation is 1. The SMILES string of the molecule is CC(=NNC(=O)Cc1cccn1C)c1ccc(-c2ccccc2)cc1. The van der Waals surface area contributed by atoms with Gasteiger partial charge in [-0.05, 0) is 35.7 Å². The fourth-order valence-corrected chi connectivity index (χ4v) is 2.63. The Balaban J connectivity index is 1.64. The third-order valence-corrected chi connectivity index (χ3v) is 4.15. The van der Waals surface area contributed by atoms with Crippen LogP contribution in [0.5, 0.6) is 0 Å². The van der Waals surface area contributed by atoms with Crippen LogP contribution in [0.1, 0.15) is 18.2 Å². The van der Waals surface area contributed by atoms with E-state index in [0.29, 0.717) is 6.42 Å². The summed E-state index contributed by atoms with van der Waals surface area (Å²) in [6.45, 7) is 1.89. The lowest BCUT2D eigenvalue weighted by Crippen LogP contribution is -2.22. The van der Waals surface area contributed by atoms with Gasteiger partial charge in [-0.3, -0.25) is 4.79 Å². The summed E-state index contributed by atoms with van der Waals surface area (Å²) >= 11 is 0. The molecule has 0 unspecified atom stereocenters. The van der Waals surface area contributed by atoms with Gasteiger partial charge in [-0.25, -0.2) is 5.43 Å². The predicted molar refractivity (Wildman–Crippen MR) is 101 cm³/mol. The van der Waals surface area contributed by atoms with Crippen molar-refractivity contribution in [2.24, 2.45) is 12.1 Å². The van der Waals surface area contributed by atoms with Crippen molar-refractivity contribution >= 4 is 11.6 Å². The lowest BCUT2D eigenvalue weighted by molar-refractivity contribution is -0.120. The highest BCUT2D eigenvalue weighted by Crippen LogP contribution is 2.19. The Morgan fingerprint density at radius 2 is 1.64 bits per heavy atom. The Bertz CT molecular complexity index is 877. The highest BCUT2D eigenvalue weighted by molar-refractivity contribution is 5.99. The van der Waals surface area contributed by atoms with Crippen LogP contribution >= 0.6 is 0 Å². The Kier molecular flexibility index (Phi) is 5.09. The van der Waals surface area contributed by atoms with E-state index in [4.69, 9.17) is 0 Å². The molecular weight excluding hydrogens is 310 g/mol. The lowest BCUT2D eigenvalue weighted by atomic mass is 10.0. The molecule has 0 atom stereocenters. The summed E-state index contributed by atoms with van der Waals surface area (Å²) in [5.41, 5.74) is 7.68. The van der Waals surface area contributed by atoms with E-state index in [1.807, 2.05) is 67.2 Å². The first kappa shape index (κ1) is 16.7. The maximum Gasteiger partial charge on any atom is 0.246 e.